The minimum Gasteiger partial charge on any atom is -0.468 e. The van der Waals surface area contributed by atoms with Crippen LogP contribution in [0.5, 0.6) is 0 Å². The summed E-state index contributed by atoms with van der Waals surface area (Å²) < 4.78 is 33.7. The number of rotatable bonds is 4. The molecule has 1 fully saturated rings. The minimum atomic E-state index is -3.93. The van der Waals surface area contributed by atoms with Gasteiger partial charge in [0.25, 0.3) is 0 Å². The largest absolute Gasteiger partial charge is 0.468 e. The molecule has 1 aliphatic carbocycles. The monoisotopic (exact) mass is 362 g/mol. The smallest absolute Gasteiger partial charge is 0.327 e. The van der Waals surface area contributed by atoms with E-state index in [0.717, 1.165) is 30.2 Å². The van der Waals surface area contributed by atoms with E-state index in [1.54, 1.807) is 12.3 Å². The second-order valence-corrected chi connectivity index (χ2v) is 8.23. The van der Waals surface area contributed by atoms with Crippen LogP contribution in [0.4, 0.5) is 0 Å². The Bertz CT molecular complexity index is 902. The van der Waals surface area contributed by atoms with Gasteiger partial charge in [0.2, 0.25) is 10.0 Å². The zero-order chi connectivity index (χ0) is 18.1. The van der Waals surface area contributed by atoms with Gasteiger partial charge in [-0.3, -0.25) is 9.78 Å². The molecule has 3 rings (SSSR count). The van der Waals surface area contributed by atoms with Gasteiger partial charge in [-0.25, -0.2) is 8.42 Å². The number of carbonyl (C=O) groups excluding carboxylic acids is 1. The van der Waals surface area contributed by atoms with Gasteiger partial charge < -0.3 is 4.74 Å². The van der Waals surface area contributed by atoms with Crippen LogP contribution < -0.4 is 4.72 Å². The normalized spacial score (nSPS) is 17.4. The number of nitrogens with zero attached hydrogens (tertiary/aromatic N) is 1. The first-order valence-corrected chi connectivity index (χ1v) is 9.84. The van der Waals surface area contributed by atoms with Gasteiger partial charge in [0, 0.05) is 11.6 Å². The molecule has 0 radical (unpaired) electrons. The van der Waals surface area contributed by atoms with Gasteiger partial charge in [0.15, 0.2) is 0 Å². The number of pyridine rings is 1. The molecule has 1 saturated carbocycles. The number of methoxy groups -OCH3 is 1. The van der Waals surface area contributed by atoms with Crippen LogP contribution in [0.25, 0.3) is 10.9 Å². The molecular weight excluding hydrogens is 340 g/mol. The molecule has 0 aliphatic heterocycles. The third kappa shape index (κ3) is 3.39. The Morgan fingerprint density at radius 3 is 2.64 bits per heavy atom. The molecule has 0 bridgehead atoms. The summed E-state index contributed by atoms with van der Waals surface area (Å²) in [5.74, 6) is -0.528. The molecule has 1 aromatic heterocycles. The zero-order valence-corrected chi connectivity index (χ0v) is 15.2. The lowest BCUT2D eigenvalue weighted by molar-refractivity contribution is -0.149. The number of nitrogens with one attached hydrogen (secondary N) is 1. The van der Waals surface area contributed by atoms with Crippen LogP contribution in [-0.4, -0.2) is 32.0 Å². The summed E-state index contributed by atoms with van der Waals surface area (Å²) in [5, 5.41) is 0.749. The van der Waals surface area contributed by atoms with Crippen molar-refractivity contribution in [1.29, 1.82) is 0 Å². The van der Waals surface area contributed by atoms with Crippen molar-refractivity contribution in [3.05, 3.63) is 36.0 Å². The van der Waals surface area contributed by atoms with Gasteiger partial charge in [-0.1, -0.05) is 31.4 Å². The fraction of sp³-hybridized carbons (Fsp3) is 0.444. The summed E-state index contributed by atoms with van der Waals surface area (Å²) in [6, 6.07) is 6.91. The number of benzene rings is 1. The number of ether oxygens (including phenoxy) is 1. The Balaban J connectivity index is 2.05. The Kier molecular flexibility index (Phi) is 4.79. The minimum absolute atomic E-state index is 0.0823. The Hall–Kier alpha value is -1.99. The molecule has 25 heavy (non-hydrogen) atoms. The van der Waals surface area contributed by atoms with Crippen LogP contribution in [0.3, 0.4) is 0 Å². The number of hydrogen-bond acceptors (Lipinski definition) is 5. The summed E-state index contributed by atoms with van der Waals surface area (Å²) >= 11 is 0. The lowest BCUT2D eigenvalue weighted by Crippen LogP contribution is -2.56. The summed E-state index contributed by atoms with van der Waals surface area (Å²) in [4.78, 5) is 16.7. The highest BCUT2D eigenvalue weighted by Gasteiger charge is 2.44. The third-order valence-electron chi connectivity index (χ3n) is 4.71. The highest BCUT2D eigenvalue weighted by Crippen LogP contribution is 2.32. The summed E-state index contributed by atoms with van der Waals surface area (Å²) in [6.45, 7) is 1.90. The van der Waals surface area contributed by atoms with Gasteiger partial charge >= 0.3 is 5.97 Å². The van der Waals surface area contributed by atoms with Crippen molar-refractivity contribution in [3.63, 3.8) is 0 Å². The first kappa shape index (κ1) is 17.8. The molecule has 1 aromatic carbocycles. The topological polar surface area (TPSA) is 85.4 Å². The van der Waals surface area contributed by atoms with E-state index in [-0.39, 0.29) is 4.90 Å². The van der Waals surface area contributed by atoms with Crippen LogP contribution in [0.1, 0.15) is 37.7 Å². The molecule has 134 valence electrons. The molecule has 0 atom stereocenters. The van der Waals surface area contributed by atoms with Gasteiger partial charge in [-0.15, -0.1) is 0 Å². The van der Waals surface area contributed by atoms with Gasteiger partial charge in [-0.05, 0) is 37.5 Å². The second-order valence-electron chi connectivity index (χ2n) is 6.58. The highest BCUT2D eigenvalue weighted by atomic mass is 32.2. The maximum absolute atomic E-state index is 13.1. The molecular formula is C18H22N2O4S. The number of aromatic nitrogens is 1. The molecule has 0 spiro atoms. The van der Waals surface area contributed by atoms with Crippen molar-refractivity contribution < 1.29 is 17.9 Å². The average molecular weight is 362 g/mol. The van der Waals surface area contributed by atoms with Crippen LogP contribution in [-0.2, 0) is 19.6 Å². The fourth-order valence-electron chi connectivity index (χ4n) is 3.47. The van der Waals surface area contributed by atoms with E-state index in [1.807, 2.05) is 19.1 Å². The van der Waals surface area contributed by atoms with E-state index in [4.69, 9.17) is 4.74 Å². The van der Waals surface area contributed by atoms with Crippen LogP contribution in [0, 0.1) is 6.92 Å². The summed E-state index contributed by atoms with van der Waals surface area (Å²) in [6.07, 6.45) is 5.06. The van der Waals surface area contributed by atoms with Gasteiger partial charge in [0.05, 0.1) is 12.6 Å². The molecule has 6 nitrogen and oxygen atoms in total. The first-order chi connectivity index (χ1) is 11.9. The molecule has 1 aliphatic rings. The van der Waals surface area contributed by atoms with E-state index in [2.05, 4.69) is 9.71 Å². The first-order valence-electron chi connectivity index (χ1n) is 8.36. The van der Waals surface area contributed by atoms with Crippen LogP contribution in [0.2, 0.25) is 0 Å². The number of esters is 1. The van der Waals surface area contributed by atoms with E-state index < -0.39 is 21.5 Å². The maximum atomic E-state index is 13.1. The van der Waals surface area contributed by atoms with Crippen molar-refractivity contribution in [2.24, 2.45) is 0 Å². The molecule has 1 heterocycles. The van der Waals surface area contributed by atoms with Crippen molar-refractivity contribution >= 4 is 26.9 Å². The Labute approximate surface area is 147 Å². The number of sulfonamides is 1. The number of para-hydroxylation sites is 1. The molecule has 2 aromatic rings. The molecule has 0 amide bonds. The van der Waals surface area contributed by atoms with Crippen molar-refractivity contribution in [2.75, 3.05) is 7.11 Å². The standard InChI is InChI=1S/C18H22N2O4S/c1-13-11-14-7-6-8-15(16(14)19-12-13)25(22,23)20-18(17(21)24-2)9-4-3-5-10-18/h6-8,11-12,20H,3-5,9-10H2,1-2H3. The van der Waals surface area contributed by atoms with E-state index in [9.17, 15) is 13.2 Å². The Morgan fingerprint density at radius 2 is 1.96 bits per heavy atom. The van der Waals surface area contributed by atoms with Gasteiger partial charge in [0.1, 0.15) is 10.4 Å². The van der Waals surface area contributed by atoms with E-state index in [0.29, 0.717) is 18.4 Å². The fourth-order valence-corrected chi connectivity index (χ4v) is 5.07. The predicted molar refractivity (Wildman–Crippen MR) is 94.6 cm³/mol. The SMILES string of the molecule is COC(=O)C1(NS(=O)(=O)c2cccc3cc(C)cnc23)CCCCC1. The average Bonchev–Trinajstić information content (AvgIpc) is 2.60. The lowest BCUT2D eigenvalue weighted by Gasteiger charge is -2.34. The van der Waals surface area contributed by atoms with Crippen molar-refractivity contribution in [3.8, 4) is 0 Å². The predicted octanol–water partition coefficient (Wildman–Crippen LogP) is 2.70. The van der Waals surface area contributed by atoms with Crippen molar-refractivity contribution in [1.82, 2.24) is 9.71 Å². The number of fused-ring (bicyclic) bond motifs is 1. The number of carbonyl (C=O) groups is 1. The quantitative estimate of drug-likeness (QED) is 0.845. The Morgan fingerprint density at radius 1 is 1.24 bits per heavy atom. The van der Waals surface area contributed by atoms with Crippen LogP contribution >= 0.6 is 0 Å². The molecule has 0 unspecified atom stereocenters. The zero-order valence-electron chi connectivity index (χ0n) is 14.4. The second kappa shape index (κ2) is 6.72. The molecule has 0 saturated heterocycles. The van der Waals surface area contributed by atoms with E-state index >= 15 is 0 Å². The summed E-state index contributed by atoms with van der Waals surface area (Å²) in [5.41, 5.74) is 0.156. The van der Waals surface area contributed by atoms with Crippen molar-refractivity contribution in [2.45, 2.75) is 49.5 Å². The lowest BCUT2D eigenvalue weighted by atomic mass is 9.83. The summed E-state index contributed by atoms with van der Waals surface area (Å²) in [7, 11) is -2.64. The third-order valence-corrected chi connectivity index (χ3v) is 6.28. The maximum Gasteiger partial charge on any atom is 0.327 e. The number of hydrogen-bond donors (Lipinski definition) is 1. The number of aryl methyl sites for hydroxylation is 1. The van der Waals surface area contributed by atoms with Crippen LogP contribution in [0.15, 0.2) is 35.4 Å². The van der Waals surface area contributed by atoms with E-state index in [1.165, 1.54) is 13.2 Å². The highest BCUT2D eigenvalue weighted by molar-refractivity contribution is 7.89. The van der Waals surface area contributed by atoms with Gasteiger partial charge in [-0.2, -0.15) is 4.72 Å². The molecule has 7 heteroatoms. The molecule has 1 N–H and O–H groups in total.